The van der Waals surface area contributed by atoms with Crippen LogP contribution in [-0.4, -0.2) is 35.5 Å². The predicted molar refractivity (Wildman–Crippen MR) is 109 cm³/mol. The van der Waals surface area contributed by atoms with E-state index in [1.54, 1.807) is 6.20 Å². The van der Waals surface area contributed by atoms with E-state index < -0.39 is 0 Å². The fourth-order valence-corrected chi connectivity index (χ4v) is 4.23. The molecule has 1 aromatic heterocycles. The number of halogens is 1. The monoisotopic (exact) mass is 429 g/mol. The second-order valence-corrected chi connectivity index (χ2v) is 8.33. The first-order valence-electron chi connectivity index (χ1n) is 9.53. The highest BCUT2D eigenvalue weighted by molar-refractivity contribution is 9.10. The molecule has 0 radical (unpaired) electrons. The van der Waals surface area contributed by atoms with Crippen LogP contribution in [-0.2, 0) is 13.0 Å². The van der Waals surface area contributed by atoms with Gasteiger partial charge in [0.25, 0.3) is 5.91 Å². The van der Waals surface area contributed by atoms with Crippen molar-refractivity contribution in [2.24, 2.45) is 5.92 Å². The number of carbonyl (C=O) groups excluding carboxylic acids is 1. The van der Waals surface area contributed by atoms with Gasteiger partial charge in [-0.05, 0) is 48.6 Å². The van der Waals surface area contributed by atoms with Crippen LogP contribution in [0.5, 0.6) is 5.75 Å². The lowest BCUT2D eigenvalue weighted by Crippen LogP contribution is -2.37. The number of nitrogens with one attached hydrogen (secondary N) is 1. The summed E-state index contributed by atoms with van der Waals surface area (Å²) in [7, 11) is 0. The van der Waals surface area contributed by atoms with Gasteiger partial charge in [-0.2, -0.15) is 0 Å². The summed E-state index contributed by atoms with van der Waals surface area (Å²) >= 11 is 3.57. The van der Waals surface area contributed by atoms with Crippen LogP contribution < -0.4 is 10.1 Å². The Morgan fingerprint density at radius 3 is 2.89 bits per heavy atom. The molecule has 27 heavy (non-hydrogen) atoms. The molecule has 0 aliphatic carbocycles. The summed E-state index contributed by atoms with van der Waals surface area (Å²) in [4.78, 5) is 19.0. The molecule has 1 N–H and O–H groups in total. The molecule has 0 saturated carbocycles. The topological polar surface area (TPSA) is 54.5 Å². The first kappa shape index (κ1) is 18.3. The zero-order valence-corrected chi connectivity index (χ0v) is 17.1. The van der Waals surface area contributed by atoms with Gasteiger partial charge < -0.3 is 15.0 Å². The number of benzene rings is 1. The van der Waals surface area contributed by atoms with Crippen molar-refractivity contribution in [2.75, 3.05) is 25.0 Å². The van der Waals surface area contributed by atoms with E-state index in [9.17, 15) is 4.79 Å². The van der Waals surface area contributed by atoms with Crippen molar-refractivity contribution >= 4 is 27.7 Å². The maximum absolute atomic E-state index is 12.6. The van der Waals surface area contributed by atoms with Gasteiger partial charge in [0, 0.05) is 42.3 Å². The van der Waals surface area contributed by atoms with Crippen LogP contribution >= 0.6 is 15.9 Å². The second-order valence-electron chi connectivity index (χ2n) is 7.41. The highest BCUT2D eigenvalue weighted by atomic mass is 79.9. The van der Waals surface area contributed by atoms with Gasteiger partial charge in [-0.1, -0.05) is 22.9 Å². The Balaban J connectivity index is 1.39. The predicted octanol–water partition coefficient (Wildman–Crippen LogP) is 4.26. The summed E-state index contributed by atoms with van der Waals surface area (Å²) in [5, 5.41) is 3.33. The molecule has 0 spiro atoms. The molecule has 0 unspecified atom stereocenters. The lowest BCUT2D eigenvalue weighted by Gasteiger charge is -2.30. The van der Waals surface area contributed by atoms with Crippen molar-refractivity contribution in [2.45, 2.75) is 32.7 Å². The van der Waals surface area contributed by atoms with Crippen LogP contribution in [0.2, 0.25) is 0 Å². The molecule has 2 aromatic rings. The minimum Gasteiger partial charge on any atom is -0.493 e. The third-order valence-electron chi connectivity index (χ3n) is 5.37. The average Bonchev–Trinajstić information content (AvgIpc) is 3.15. The van der Waals surface area contributed by atoms with Gasteiger partial charge in [-0.25, -0.2) is 4.98 Å². The van der Waals surface area contributed by atoms with E-state index in [2.05, 4.69) is 45.3 Å². The Morgan fingerprint density at radius 1 is 1.33 bits per heavy atom. The molecule has 1 saturated heterocycles. The Labute approximate surface area is 168 Å². The zero-order chi connectivity index (χ0) is 18.8. The van der Waals surface area contributed by atoms with E-state index >= 15 is 0 Å². The van der Waals surface area contributed by atoms with Crippen molar-refractivity contribution in [1.82, 2.24) is 9.88 Å². The molecule has 1 amide bonds. The number of fused-ring (bicyclic) bond motifs is 1. The molecule has 2 aliphatic heterocycles. The van der Waals surface area contributed by atoms with Crippen LogP contribution in [0.4, 0.5) is 5.82 Å². The third kappa shape index (κ3) is 4.10. The van der Waals surface area contributed by atoms with Crippen molar-refractivity contribution < 1.29 is 9.53 Å². The van der Waals surface area contributed by atoms with Crippen LogP contribution in [0, 0.1) is 5.92 Å². The maximum atomic E-state index is 12.6. The van der Waals surface area contributed by atoms with Gasteiger partial charge in [-0.3, -0.25) is 4.79 Å². The molecular weight excluding hydrogens is 406 g/mol. The zero-order valence-electron chi connectivity index (χ0n) is 15.5. The molecule has 1 fully saturated rings. The van der Waals surface area contributed by atoms with Gasteiger partial charge in [0.05, 0.1) is 12.2 Å². The number of carbonyl (C=O) groups is 1. The number of piperidine rings is 1. The SMILES string of the molecule is CC1CCN(C(=O)c2ccc(NCc3cc(Br)cc4c3OCC4)nc2)CC1. The summed E-state index contributed by atoms with van der Waals surface area (Å²) in [6.07, 6.45) is 4.78. The summed E-state index contributed by atoms with van der Waals surface area (Å²) in [6, 6.07) is 7.93. The molecule has 1 aromatic carbocycles. The molecule has 0 bridgehead atoms. The van der Waals surface area contributed by atoms with E-state index in [1.807, 2.05) is 17.0 Å². The number of ether oxygens (including phenoxy) is 1. The Bertz CT molecular complexity index is 830. The Hall–Kier alpha value is -2.08. The minimum atomic E-state index is 0.0826. The van der Waals surface area contributed by atoms with Gasteiger partial charge in [0.15, 0.2) is 0 Å². The minimum absolute atomic E-state index is 0.0826. The number of pyridine rings is 1. The molecule has 4 rings (SSSR count). The Kier molecular flexibility index (Phi) is 5.34. The van der Waals surface area contributed by atoms with Gasteiger partial charge in [-0.15, -0.1) is 0 Å². The second kappa shape index (κ2) is 7.89. The van der Waals surface area contributed by atoms with E-state index in [1.165, 1.54) is 5.56 Å². The van der Waals surface area contributed by atoms with Crippen molar-refractivity contribution in [1.29, 1.82) is 0 Å². The number of amides is 1. The maximum Gasteiger partial charge on any atom is 0.255 e. The fourth-order valence-electron chi connectivity index (χ4n) is 3.68. The molecule has 5 nitrogen and oxygen atoms in total. The normalized spacial score (nSPS) is 16.7. The largest absolute Gasteiger partial charge is 0.493 e. The molecule has 2 aliphatic rings. The highest BCUT2D eigenvalue weighted by Crippen LogP contribution is 2.33. The number of rotatable bonds is 4. The van der Waals surface area contributed by atoms with E-state index in [-0.39, 0.29) is 5.91 Å². The number of hydrogen-bond acceptors (Lipinski definition) is 4. The quantitative estimate of drug-likeness (QED) is 0.788. The van der Waals surface area contributed by atoms with Crippen molar-refractivity contribution in [3.05, 3.63) is 51.6 Å². The van der Waals surface area contributed by atoms with Gasteiger partial charge in [0.1, 0.15) is 11.6 Å². The van der Waals surface area contributed by atoms with E-state index in [4.69, 9.17) is 4.74 Å². The summed E-state index contributed by atoms with van der Waals surface area (Å²) in [5.41, 5.74) is 3.01. The molecule has 142 valence electrons. The molecular formula is C21H24BrN3O2. The van der Waals surface area contributed by atoms with Gasteiger partial charge >= 0.3 is 0 Å². The van der Waals surface area contributed by atoms with Crippen LogP contribution in [0.25, 0.3) is 0 Å². The first-order valence-corrected chi connectivity index (χ1v) is 10.3. The van der Waals surface area contributed by atoms with Crippen LogP contribution in [0.15, 0.2) is 34.9 Å². The number of likely N-dealkylation sites (tertiary alicyclic amines) is 1. The number of nitrogens with zero attached hydrogens (tertiary/aromatic N) is 2. The van der Waals surface area contributed by atoms with Crippen molar-refractivity contribution in [3.8, 4) is 5.75 Å². The molecule has 6 heteroatoms. The standard InChI is InChI=1S/C21H24BrN3O2/c1-14-4-7-25(8-5-14)21(26)16-2-3-19(23-12-16)24-13-17-11-18(22)10-15-6-9-27-20(15)17/h2-3,10-12,14H,4-9,13H2,1H3,(H,23,24). The summed E-state index contributed by atoms with van der Waals surface area (Å²) in [5.74, 6) is 2.53. The lowest BCUT2D eigenvalue weighted by atomic mass is 9.99. The van der Waals surface area contributed by atoms with E-state index in [0.29, 0.717) is 18.0 Å². The summed E-state index contributed by atoms with van der Waals surface area (Å²) in [6.45, 7) is 5.30. The Morgan fingerprint density at radius 2 is 2.15 bits per heavy atom. The first-order chi connectivity index (χ1) is 13.1. The van der Waals surface area contributed by atoms with Crippen molar-refractivity contribution in [3.63, 3.8) is 0 Å². The number of aromatic nitrogens is 1. The number of hydrogen-bond donors (Lipinski definition) is 1. The van der Waals surface area contributed by atoms with Crippen LogP contribution in [0.3, 0.4) is 0 Å². The molecule has 0 atom stereocenters. The fraction of sp³-hybridized carbons (Fsp3) is 0.429. The van der Waals surface area contributed by atoms with Gasteiger partial charge in [0.2, 0.25) is 0 Å². The highest BCUT2D eigenvalue weighted by Gasteiger charge is 2.22. The average molecular weight is 430 g/mol. The smallest absolute Gasteiger partial charge is 0.255 e. The third-order valence-corrected chi connectivity index (χ3v) is 5.82. The number of anilines is 1. The van der Waals surface area contributed by atoms with E-state index in [0.717, 1.165) is 60.6 Å². The lowest BCUT2D eigenvalue weighted by molar-refractivity contribution is 0.0697. The van der Waals surface area contributed by atoms with Crippen LogP contribution in [0.1, 0.15) is 41.3 Å². The summed E-state index contributed by atoms with van der Waals surface area (Å²) < 4.78 is 6.83. The molecule has 3 heterocycles.